The number of esters is 1. The lowest BCUT2D eigenvalue weighted by Gasteiger charge is -2.05. The molecular formula is C12H15ClO2. The van der Waals surface area contributed by atoms with Crippen LogP contribution in [0.25, 0.3) is 0 Å². The summed E-state index contributed by atoms with van der Waals surface area (Å²) in [5, 5.41) is 0.729. The van der Waals surface area contributed by atoms with E-state index in [0.29, 0.717) is 19.4 Å². The zero-order valence-electron chi connectivity index (χ0n) is 9.05. The molecule has 1 rings (SSSR count). The molecule has 0 saturated heterocycles. The van der Waals surface area contributed by atoms with Gasteiger partial charge in [0.25, 0.3) is 0 Å². The highest BCUT2D eigenvalue weighted by Gasteiger charge is 2.04. The predicted molar refractivity (Wildman–Crippen MR) is 61.1 cm³/mol. The third-order valence-corrected chi connectivity index (χ3v) is 2.44. The molecule has 1 aromatic rings. The number of aryl methyl sites for hydroxylation is 2. The number of ether oxygens (including phenoxy) is 1. The predicted octanol–water partition coefficient (Wildman–Crippen LogP) is 3.14. The lowest BCUT2D eigenvalue weighted by Crippen LogP contribution is -2.05. The molecule has 82 valence electrons. The van der Waals surface area contributed by atoms with E-state index >= 15 is 0 Å². The van der Waals surface area contributed by atoms with E-state index in [1.807, 2.05) is 32.0 Å². The van der Waals surface area contributed by atoms with E-state index in [1.54, 1.807) is 0 Å². The summed E-state index contributed by atoms with van der Waals surface area (Å²) in [7, 11) is 0. The van der Waals surface area contributed by atoms with Crippen LogP contribution in [-0.4, -0.2) is 12.6 Å². The van der Waals surface area contributed by atoms with Crippen LogP contribution >= 0.6 is 11.6 Å². The van der Waals surface area contributed by atoms with Crippen molar-refractivity contribution in [1.82, 2.24) is 0 Å². The first kappa shape index (κ1) is 12.1. The monoisotopic (exact) mass is 226 g/mol. The van der Waals surface area contributed by atoms with Crippen LogP contribution in [0.15, 0.2) is 18.2 Å². The molecule has 0 N–H and O–H groups in total. The molecule has 3 heteroatoms. The molecule has 1 aromatic carbocycles. The number of hydrogen-bond donors (Lipinski definition) is 0. The van der Waals surface area contributed by atoms with E-state index in [1.165, 1.54) is 0 Å². The Bertz CT molecular complexity index is 347. The Kier molecular flexibility index (Phi) is 4.63. The highest BCUT2D eigenvalue weighted by molar-refractivity contribution is 6.30. The first-order valence-corrected chi connectivity index (χ1v) is 5.42. The molecule has 0 radical (unpaired) electrons. The van der Waals surface area contributed by atoms with Crippen LogP contribution in [0, 0.1) is 6.92 Å². The van der Waals surface area contributed by atoms with Crippen molar-refractivity contribution in [2.45, 2.75) is 26.7 Å². The average Bonchev–Trinajstić information content (AvgIpc) is 2.17. The Morgan fingerprint density at radius 3 is 2.80 bits per heavy atom. The van der Waals surface area contributed by atoms with Gasteiger partial charge in [0, 0.05) is 11.4 Å². The van der Waals surface area contributed by atoms with Crippen LogP contribution < -0.4 is 0 Å². The maximum Gasteiger partial charge on any atom is 0.306 e. The van der Waals surface area contributed by atoms with E-state index in [4.69, 9.17) is 16.3 Å². The normalized spacial score (nSPS) is 10.1. The van der Waals surface area contributed by atoms with Gasteiger partial charge < -0.3 is 4.74 Å². The van der Waals surface area contributed by atoms with Gasteiger partial charge in [0.1, 0.15) is 0 Å². The second-order valence-electron chi connectivity index (χ2n) is 3.38. The summed E-state index contributed by atoms with van der Waals surface area (Å²) in [4.78, 5) is 11.1. The van der Waals surface area contributed by atoms with Crippen molar-refractivity contribution in [3.8, 4) is 0 Å². The van der Waals surface area contributed by atoms with E-state index in [0.717, 1.165) is 16.1 Å². The summed E-state index contributed by atoms with van der Waals surface area (Å²) in [6.45, 7) is 4.25. The minimum atomic E-state index is -0.146. The molecule has 0 aliphatic rings. The first-order chi connectivity index (χ1) is 7.13. The Hall–Kier alpha value is -1.02. The molecular weight excluding hydrogens is 212 g/mol. The van der Waals surface area contributed by atoms with Gasteiger partial charge in [-0.2, -0.15) is 0 Å². The molecule has 0 aromatic heterocycles. The fourth-order valence-corrected chi connectivity index (χ4v) is 1.64. The highest BCUT2D eigenvalue weighted by Crippen LogP contribution is 2.16. The Balaban J connectivity index is 2.54. The van der Waals surface area contributed by atoms with Crippen molar-refractivity contribution in [2.75, 3.05) is 6.61 Å². The van der Waals surface area contributed by atoms with Crippen LogP contribution in [0.2, 0.25) is 5.02 Å². The summed E-state index contributed by atoms with van der Waals surface area (Å²) in [6.07, 6.45) is 1.14. The quantitative estimate of drug-likeness (QED) is 0.738. The Morgan fingerprint density at radius 1 is 1.47 bits per heavy atom. The molecule has 0 heterocycles. The second-order valence-corrected chi connectivity index (χ2v) is 3.81. The summed E-state index contributed by atoms with van der Waals surface area (Å²) in [5.41, 5.74) is 2.26. The Labute approximate surface area is 95.2 Å². The van der Waals surface area contributed by atoms with Crippen LogP contribution in [-0.2, 0) is 16.0 Å². The zero-order valence-corrected chi connectivity index (χ0v) is 9.80. The molecule has 0 amide bonds. The average molecular weight is 227 g/mol. The molecule has 0 bridgehead atoms. The topological polar surface area (TPSA) is 26.3 Å². The lowest BCUT2D eigenvalue weighted by atomic mass is 10.0. The van der Waals surface area contributed by atoms with E-state index in [9.17, 15) is 4.79 Å². The van der Waals surface area contributed by atoms with Gasteiger partial charge in [-0.25, -0.2) is 0 Å². The first-order valence-electron chi connectivity index (χ1n) is 5.04. The standard InChI is InChI=1S/C12H15ClO2/c1-3-15-12(14)7-5-10-4-6-11(13)8-9(10)2/h4,6,8H,3,5,7H2,1-2H3. The maximum absolute atomic E-state index is 11.1. The van der Waals surface area contributed by atoms with E-state index < -0.39 is 0 Å². The van der Waals surface area contributed by atoms with Gasteiger partial charge in [0.05, 0.1) is 6.61 Å². The van der Waals surface area contributed by atoms with Crippen LogP contribution in [0.1, 0.15) is 24.5 Å². The fraction of sp³-hybridized carbons (Fsp3) is 0.417. The summed E-state index contributed by atoms with van der Waals surface area (Å²) >= 11 is 5.84. The Morgan fingerprint density at radius 2 is 2.20 bits per heavy atom. The minimum Gasteiger partial charge on any atom is -0.466 e. The van der Waals surface area contributed by atoms with Gasteiger partial charge in [0.2, 0.25) is 0 Å². The molecule has 0 unspecified atom stereocenters. The number of hydrogen-bond acceptors (Lipinski definition) is 2. The van der Waals surface area contributed by atoms with Crippen molar-refractivity contribution < 1.29 is 9.53 Å². The van der Waals surface area contributed by atoms with E-state index in [2.05, 4.69) is 0 Å². The van der Waals surface area contributed by atoms with Gasteiger partial charge in [-0.3, -0.25) is 4.79 Å². The van der Waals surface area contributed by atoms with Crippen molar-refractivity contribution in [3.05, 3.63) is 34.3 Å². The third-order valence-electron chi connectivity index (χ3n) is 2.21. The molecule has 15 heavy (non-hydrogen) atoms. The molecule has 0 atom stereocenters. The number of carbonyl (C=O) groups excluding carboxylic acids is 1. The molecule has 2 nitrogen and oxygen atoms in total. The van der Waals surface area contributed by atoms with Crippen molar-refractivity contribution in [3.63, 3.8) is 0 Å². The zero-order chi connectivity index (χ0) is 11.3. The molecule has 0 aliphatic carbocycles. The van der Waals surface area contributed by atoms with Crippen LogP contribution in [0.4, 0.5) is 0 Å². The number of benzene rings is 1. The largest absolute Gasteiger partial charge is 0.466 e. The van der Waals surface area contributed by atoms with Gasteiger partial charge in [-0.05, 0) is 43.5 Å². The molecule has 0 saturated carbocycles. The van der Waals surface area contributed by atoms with E-state index in [-0.39, 0.29) is 5.97 Å². The summed E-state index contributed by atoms with van der Waals surface area (Å²) in [5.74, 6) is -0.146. The van der Waals surface area contributed by atoms with Gasteiger partial charge in [0.15, 0.2) is 0 Å². The smallest absolute Gasteiger partial charge is 0.306 e. The lowest BCUT2D eigenvalue weighted by molar-refractivity contribution is -0.143. The molecule has 0 spiro atoms. The van der Waals surface area contributed by atoms with Gasteiger partial charge in [-0.1, -0.05) is 17.7 Å². The van der Waals surface area contributed by atoms with Crippen LogP contribution in [0.3, 0.4) is 0 Å². The van der Waals surface area contributed by atoms with Crippen molar-refractivity contribution in [2.24, 2.45) is 0 Å². The summed E-state index contributed by atoms with van der Waals surface area (Å²) < 4.78 is 4.86. The van der Waals surface area contributed by atoms with Crippen LogP contribution in [0.5, 0.6) is 0 Å². The maximum atomic E-state index is 11.1. The third kappa shape index (κ3) is 3.92. The second kappa shape index (κ2) is 5.76. The summed E-state index contributed by atoms with van der Waals surface area (Å²) in [6, 6.07) is 5.70. The van der Waals surface area contributed by atoms with Crippen molar-refractivity contribution in [1.29, 1.82) is 0 Å². The highest BCUT2D eigenvalue weighted by atomic mass is 35.5. The SMILES string of the molecule is CCOC(=O)CCc1ccc(Cl)cc1C. The number of carbonyl (C=O) groups is 1. The van der Waals surface area contributed by atoms with Gasteiger partial charge in [-0.15, -0.1) is 0 Å². The number of halogens is 1. The number of rotatable bonds is 4. The molecule has 0 aliphatic heterocycles. The van der Waals surface area contributed by atoms with Gasteiger partial charge >= 0.3 is 5.97 Å². The minimum absolute atomic E-state index is 0.146. The molecule has 0 fully saturated rings. The fourth-order valence-electron chi connectivity index (χ4n) is 1.41. The van der Waals surface area contributed by atoms with Crippen molar-refractivity contribution >= 4 is 17.6 Å².